The summed E-state index contributed by atoms with van der Waals surface area (Å²) in [6.07, 6.45) is 10.4. The summed E-state index contributed by atoms with van der Waals surface area (Å²) in [5.74, 6) is 1.02. The van der Waals surface area contributed by atoms with Crippen molar-refractivity contribution < 1.29 is 9.84 Å². The fourth-order valence-corrected chi connectivity index (χ4v) is 2.99. The monoisotopic (exact) mass is 252 g/mol. The molecule has 1 fully saturated rings. The molecule has 0 spiro atoms. The van der Waals surface area contributed by atoms with E-state index in [0.29, 0.717) is 0 Å². The maximum atomic E-state index is 10.5. The van der Waals surface area contributed by atoms with Crippen LogP contribution in [0.3, 0.4) is 0 Å². The summed E-state index contributed by atoms with van der Waals surface area (Å²) < 4.78 is 7.67. The van der Waals surface area contributed by atoms with E-state index in [-0.39, 0.29) is 11.7 Å². The van der Waals surface area contributed by atoms with E-state index in [1.807, 2.05) is 17.8 Å². The first kappa shape index (κ1) is 13.6. The molecule has 4 nitrogen and oxygen atoms in total. The molecule has 1 atom stereocenters. The minimum Gasteiger partial charge on any atom is -0.390 e. The van der Waals surface area contributed by atoms with E-state index in [4.69, 9.17) is 4.74 Å². The summed E-state index contributed by atoms with van der Waals surface area (Å²) in [6.45, 7) is 0. The maximum Gasteiger partial charge on any atom is 0.108 e. The Kier molecular flexibility index (Phi) is 4.40. The molecular weight excluding hydrogens is 228 g/mol. The number of hydrogen-bond acceptors (Lipinski definition) is 3. The molecule has 0 bridgehead atoms. The smallest absolute Gasteiger partial charge is 0.108 e. The topological polar surface area (TPSA) is 47.3 Å². The quantitative estimate of drug-likeness (QED) is 0.872. The lowest BCUT2D eigenvalue weighted by Crippen LogP contribution is -2.46. The third-order valence-corrected chi connectivity index (χ3v) is 4.28. The van der Waals surface area contributed by atoms with E-state index in [0.717, 1.165) is 44.3 Å². The molecule has 1 aromatic heterocycles. The van der Waals surface area contributed by atoms with Crippen LogP contribution in [0.5, 0.6) is 0 Å². The van der Waals surface area contributed by atoms with Gasteiger partial charge >= 0.3 is 0 Å². The van der Waals surface area contributed by atoms with Gasteiger partial charge in [-0.3, -0.25) is 0 Å². The normalized spacial score (nSPS) is 20.8. The van der Waals surface area contributed by atoms with E-state index in [1.165, 1.54) is 6.42 Å². The van der Waals surface area contributed by atoms with Crippen LogP contribution in [0.2, 0.25) is 0 Å². The maximum absolute atomic E-state index is 10.5. The first-order chi connectivity index (χ1) is 8.68. The molecule has 1 aliphatic rings. The van der Waals surface area contributed by atoms with Crippen LogP contribution >= 0.6 is 0 Å². The van der Waals surface area contributed by atoms with Crippen molar-refractivity contribution in [3.05, 3.63) is 18.2 Å². The van der Waals surface area contributed by atoms with Gasteiger partial charge in [-0.15, -0.1) is 0 Å². The Morgan fingerprint density at radius 3 is 2.72 bits per heavy atom. The molecule has 2 rings (SSSR count). The molecule has 0 radical (unpaired) electrons. The third-order valence-electron chi connectivity index (χ3n) is 4.28. The molecule has 1 saturated carbocycles. The zero-order valence-corrected chi connectivity index (χ0v) is 11.4. The van der Waals surface area contributed by atoms with Gasteiger partial charge in [0.1, 0.15) is 5.82 Å². The van der Waals surface area contributed by atoms with Crippen LogP contribution in [-0.4, -0.2) is 33.5 Å². The van der Waals surface area contributed by atoms with Gasteiger partial charge in [-0.2, -0.15) is 0 Å². The van der Waals surface area contributed by atoms with Gasteiger partial charge in [0.25, 0.3) is 0 Å². The number of aryl methyl sites for hydroxylation is 2. The third kappa shape index (κ3) is 2.75. The number of imidazole rings is 1. The minimum atomic E-state index is -0.389. The summed E-state index contributed by atoms with van der Waals surface area (Å²) in [7, 11) is 3.72. The lowest BCUT2D eigenvalue weighted by atomic mass is 9.79. The van der Waals surface area contributed by atoms with Crippen LogP contribution in [0.15, 0.2) is 12.4 Å². The molecule has 18 heavy (non-hydrogen) atoms. The van der Waals surface area contributed by atoms with Crippen molar-refractivity contribution in [1.82, 2.24) is 9.55 Å². The molecular formula is C14H24N2O2. The number of aliphatic hydroxyl groups is 1. The second-order valence-corrected chi connectivity index (χ2v) is 5.34. The zero-order chi connectivity index (χ0) is 13.0. The lowest BCUT2D eigenvalue weighted by molar-refractivity contribution is -0.125. The second-order valence-electron chi connectivity index (χ2n) is 5.34. The van der Waals surface area contributed by atoms with E-state index in [2.05, 4.69) is 4.98 Å². The first-order valence-corrected chi connectivity index (χ1v) is 6.87. The highest BCUT2D eigenvalue weighted by Crippen LogP contribution is 2.35. The van der Waals surface area contributed by atoms with Gasteiger partial charge in [-0.1, -0.05) is 19.3 Å². The highest BCUT2D eigenvalue weighted by atomic mass is 16.5. The van der Waals surface area contributed by atoms with Crippen LogP contribution < -0.4 is 0 Å². The van der Waals surface area contributed by atoms with E-state index in [9.17, 15) is 5.11 Å². The molecule has 102 valence electrons. The van der Waals surface area contributed by atoms with Crippen LogP contribution in [0.1, 0.15) is 44.3 Å². The number of aromatic nitrogens is 2. The van der Waals surface area contributed by atoms with Crippen molar-refractivity contribution in [3.63, 3.8) is 0 Å². The number of ether oxygens (including phenoxy) is 1. The van der Waals surface area contributed by atoms with Crippen LogP contribution in [-0.2, 0) is 18.2 Å². The molecule has 0 aromatic carbocycles. The molecule has 1 unspecified atom stereocenters. The Morgan fingerprint density at radius 2 is 2.17 bits per heavy atom. The van der Waals surface area contributed by atoms with Crippen molar-refractivity contribution in [2.75, 3.05) is 7.11 Å². The summed E-state index contributed by atoms with van der Waals surface area (Å²) in [4.78, 5) is 4.29. The number of hydrogen-bond donors (Lipinski definition) is 1. The highest BCUT2D eigenvalue weighted by molar-refractivity contribution is 4.96. The summed E-state index contributed by atoms with van der Waals surface area (Å²) in [5, 5.41) is 10.5. The highest BCUT2D eigenvalue weighted by Gasteiger charge is 2.38. The fourth-order valence-electron chi connectivity index (χ4n) is 2.99. The Morgan fingerprint density at radius 1 is 1.44 bits per heavy atom. The van der Waals surface area contributed by atoms with Gasteiger partial charge in [0.05, 0.1) is 11.7 Å². The van der Waals surface area contributed by atoms with Gasteiger partial charge in [0, 0.05) is 33.0 Å². The van der Waals surface area contributed by atoms with Crippen molar-refractivity contribution in [2.24, 2.45) is 7.05 Å². The molecule has 0 saturated heterocycles. The Bertz CT molecular complexity index is 370. The standard InChI is InChI=1S/C14H24N2O2/c1-16-11-10-15-13(16)7-6-12(17)14(18-2)8-4-3-5-9-14/h10-12,17H,3-9H2,1-2H3. The second kappa shape index (κ2) is 5.85. The van der Waals surface area contributed by atoms with Gasteiger partial charge in [0.15, 0.2) is 0 Å². The van der Waals surface area contributed by atoms with E-state index in [1.54, 1.807) is 13.3 Å². The number of rotatable bonds is 5. The average molecular weight is 252 g/mol. The van der Waals surface area contributed by atoms with Gasteiger partial charge in [0.2, 0.25) is 0 Å². The minimum absolute atomic E-state index is 0.316. The number of methoxy groups -OCH3 is 1. The van der Waals surface area contributed by atoms with Gasteiger partial charge in [-0.25, -0.2) is 4.98 Å². The molecule has 4 heteroatoms. The Hall–Kier alpha value is -0.870. The lowest BCUT2D eigenvalue weighted by Gasteiger charge is -2.40. The summed E-state index contributed by atoms with van der Waals surface area (Å²) in [5.41, 5.74) is -0.316. The predicted molar refractivity (Wildman–Crippen MR) is 70.4 cm³/mol. The van der Waals surface area contributed by atoms with Crippen molar-refractivity contribution >= 4 is 0 Å². The number of nitrogens with zero attached hydrogens (tertiary/aromatic N) is 2. The molecule has 1 N–H and O–H groups in total. The molecule has 1 aromatic rings. The fraction of sp³-hybridized carbons (Fsp3) is 0.786. The Balaban J connectivity index is 1.93. The van der Waals surface area contributed by atoms with Crippen molar-refractivity contribution in [2.45, 2.75) is 56.7 Å². The van der Waals surface area contributed by atoms with E-state index < -0.39 is 0 Å². The van der Waals surface area contributed by atoms with E-state index >= 15 is 0 Å². The SMILES string of the molecule is COC1(C(O)CCc2nccn2C)CCCCC1. The van der Waals surface area contributed by atoms with Crippen LogP contribution in [0.25, 0.3) is 0 Å². The van der Waals surface area contributed by atoms with Crippen LogP contribution in [0.4, 0.5) is 0 Å². The molecule has 1 heterocycles. The number of aliphatic hydroxyl groups excluding tert-OH is 1. The predicted octanol–water partition coefficient (Wildman–Crippen LogP) is 2.06. The molecule has 0 aliphatic heterocycles. The molecule has 0 amide bonds. The first-order valence-electron chi connectivity index (χ1n) is 6.87. The summed E-state index contributed by atoms with van der Waals surface area (Å²) in [6, 6.07) is 0. The van der Waals surface area contributed by atoms with Crippen molar-refractivity contribution in [1.29, 1.82) is 0 Å². The average Bonchev–Trinajstić information content (AvgIpc) is 2.82. The van der Waals surface area contributed by atoms with Gasteiger partial charge in [-0.05, 0) is 19.3 Å². The zero-order valence-electron chi connectivity index (χ0n) is 11.4. The summed E-state index contributed by atoms with van der Waals surface area (Å²) >= 11 is 0. The Labute approximate surface area is 109 Å². The van der Waals surface area contributed by atoms with Crippen molar-refractivity contribution in [3.8, 4) is 0 Å². The van der Waals surface area contributed by atoms with Gasteiger partial charge < -0.3 is 14.4 Å². The molecule has 1 aliphatic carbocycles. The largest absolute Gasteiger partial charge is 0.390 e. The van der Waals surface area contributed by atoms with Crippen LogP contribution in [0, 0.1) is 0 Å².